The Morgan fingerprint density at radius 3 is 2.50 bits per heavy atom. The Morgan fingerprint density at radius 1 is 1.44 bits per heavy atom. The van der Waals surface area contributed by atoms with Crippen LogP contribution >= 0.6 is 0 Å². The largest absolute Gasteiger partial charge is 0.405 e. The number of halogens is 3. The zero-order valence-electron chi connectivity index (χ0n) is 8.62. The van der Waals surface area contributed by atoms with Crippen molar-refractivity contribution in [2.24, 2.45) is 0 Å². The SMILES string of the molecule is CCN(CC(F)(F)F)c1ccc(C#N)nc1. The van der Waals surface area contributed by atoms with Gasteiger partial charge in [0.15, 0.2) is 0 Å². The molecule has 0 fully saturated rings. The van der Waals surface area contributed by atoms with Gasteiger partial charge in [0.05, 0.1) is 11.9 Å². The molecule has 0 amide bonds. The second-order valence-corrected chi connectivity index (χ2v) is 3.14. The quantitative estimate of drug-likeness (QED) is 0.798. The van der Waals surface area contributed by atoms with E-state index < -0.39 is 12.7 Å². The van der Waals surface area contributed by atoms with E-state index in [1.165, 1.54) is 18.3 Å². The lowest BCUT2D eigenvalue weighted by Crippen LogP contribution is -2.34. The third-order valence-corrected chi connectivity index (χ3v) is 1.98. The van der Waals surface area contributed by atoms with Gasteiger partial charge in [-0.05, 0) is 19.1 Å². The van der Waals surface area contributed by atoms with Crippen LogP contribution in [0.4, 0.5) is 18.9 Å². The van der Waals surface area contributed by atoms with E-state index in [2.05, 4.69) is 4.98 Å². The van der Waals surface area contributed by atoms with Crippen LogP contribution in [0.15, 0.2) is 18.3 Å². The molecule has 16 heavy (non-hydrogen) atoms. The van der Waals surface area contributed by atoms with Crippen molar-refractivity contribution in [3.05, 3.63) is 24.0 Å². The van der Waals surface area contributed by atoms with Crippen LogP contribution in [0.25, 0.3) is 0 Å². The monoisotopic (exact) mass is 229 g/mol. The summed E-state index contributed by atoms with van der Waals surface area (Å²) in [6, 6.07) is 4.66. The minimum Gasteiger partial charge on any atom is -0.362 e. The highest BCUT2D eigenvalue weighted by atomic mass is 19.4. The molecule has 0 aliphatic carbocycles. The summed E-state index contributed by atoms with van der Waals surface area (Å²) in [4.78, 5) is 4.87. The van der Waals surface area contributed by atoms with E-state index >= 15 is 0 Å². The van der Waals surface area contributed by atoms with Crippen molar-refractivity contribution in [1.82, 2.24) is 4.98 Å². The smallest absolute Gasteiger partial charge is 0.362 e. The molecule has 0 unspecified atom stereocenters. The highest BCUT2D eigenvalue weighted by molar-refractivity contribution is 5.45. The van der Waals surface area contributed by atoms with E-state index in [0.29, 0.717) is 5.69 Å². The molecule has 1 aromatic rings. The van der Waals surface area contributed by atoms with E-state index in [-0.39, 0.29) is 12.2 Å². The van der Waals surface area contributed by atoms with Crippen molar-refractivity contribution in [2.75, 3.05) is 18.0 Å². The molecule has 0 bridgehead atoms. The summed E-state index contributed by atoms with van der Waals surface area (Å²) in [7, 11) is 0. The molecule has 0 aromatic carbocycles. The average Bonchev–Trinajstić information content (AvgIpc) is 2.25. The van der Waals surface area contributed by atoms with Gasteiger partial charge >= 0.3 is 6.18 Å². The number of alkyl halides is 3. The van der Waals surface area contributed by atoms with Crippen LogP contribution in [-0.2, 0) is 0 Å². The Bertz CT molecular complexity index is 378. The molecule has 3 nitrogen and oxygen atoms in total. The van der Waals surface area contributed by atoms with Crippen molar-refractivity contribution < 1.29 is 13.2 Å². The molecule has 0 atom stereocenters. The van der Waals surface area contributed by atoms with Crippen LogP contribution in [0, 0.1) is 11.3 Å². The third-order valence-electron chi connectivity index (χ3n) is 1.98. The topological polar surface area (TPSA) is 39.9 Å². The lowest BCUT2D eigenvalue weighted by molar-refractivity contribution is -0.119. The first-order valence-electron chi connectivity index (χ1n) is 4.64. The van der Waals surface area contributed by atoms with Gasteiger partial charge in [0, 0.05) is 6.54 Å². The summed E-state index contributed by atoms with van der Waals surface area (Å²) >= 11 is 0. The summed E-state index contributed by atoms with van der Waals surface area (Å²) in [5, 5.41) is 8.50. The number of hydrogen-bond acceptors (Lipinski definition) is 3. The number of pyridine rings is 1. The van der Waals surface area contributed by atoms with Gasteiger partial charge in [0.25, 0.3) is 0 Å². The average molecular weight is 229 g/mol. The van der Waals surface area contributed by atoms with E-state index in [1.807, 2.05) is 6.07 Å². The van der Waals surface area contributed by atoms with Crippen LogP contribution in [0.5, 0.6) is 0 Å². The number of hydrogen-bond donors (Lipinski definition) is 0. The van der Waals surface area contributed by atoms with Crippen LogP contribution in [0.3, 0.4) is 0 Å². The minimum atomic E-state index is -4.25. The first-order valence-corrected chi connectivity index (χ1v) is 4.64. The summed E-state index contributed by atoms with van der Waals surface area (Å²) in [6.07, 6.45) is -2.97. The zero-order chi connectivity index (χ0) is 12.2. The molecule has 1 rings (SSSR count). The number of rotatable bonds is 3. The van der Waals surface area contributed by atoms with Gasteiger partial charge in [0.1, 0.15) is 18.3 Å². The fraction of sp³-hybridized carbons (Fsp3) is 0.400. The second kappa shape index (κ2) is 4.84. The number of nitriles is 1. The molecule has 0 saturated carbocycles. The predicted octanol–water partition coefficient (Wildman–Crippen LogP) is 2.34. The molecular weight excluding hydrogens is 219 g/mol. The molecule has 0 spiro atoms. The fourth-order valence-electron chi connectivity index (χ4n) is 1.24. The Kier molecular flexibility index (Phi) is 3.72. The molecule has 6 heteroatoms. The van der Waals surface area contributed by atoms with Crippen LogP contribution in [-0.4, -0.2) is 24.2 Å². The van der Waals surface area contributed by atoms with Crippen LogP contribution in [0.2, 0.25) is 0 Å². The fourth-order valence-corrected chi connectivity index (χ4v) is 1.24. The number of aromatic nitrogens is 1. The highest BCUT2D eigenvalue weighted by Crippen LogP contribution is 2.21. The maximum atomic E-state index is 12.2. The first kappa shape index (κ1) is 12.3. The molecule has 0 N–H and O–H groups in total. The zero-order valence-corrected chi connectivity index (χ0v) is 8.62. The molecular formula is C10H10F3N3. The van der Waals surface area contributed by atoms with Crippen LogP contribution < -0.4 is 4.90 Å². The lowest BCUT2D eigenvalue weighted by atomic mass is 10.3. The van der Waals surface area contributed by atoms with E-state index in [4.69, 9.17) is 5.26 Å². The predicted molar refractivity (Wildman–Crippen MR) is 52.9 cm³/mol. The maximum absolute atomic E-state index is 12.2. The standard InChI is InChI=1S/C10H10F3N3/c1-2-16(7-10(11,12)13)9-4-3-8(5-14)15-6-9/h3-4,6H,2,7H2,1H3. The summed E-state index contributed by atoms with van der Waals surface area (Å²) < 4.78 is 36.6. The van der Waals surface area contributed by atoms with E-state index in [1.54, 1.807) is 6.92 Å². The normalized spacial score (nSPS) is 10.9. The van der Waals surface area contributed by atoms with Gasteiger partial charge in [0.2, 0.25) is 0 Å². The summed E-state index contributed by atoms with van der Waals surface area (Å²) in [5.41, 5.74) is 0.547. The Labute approximate surface area is 91.1 Å². The molecule has 0 aliphatic heterocycles. The van der Waals surface area contributed by atoms with E-state index in [0.717, 1.165) is 4.90 Å². The van der Waals surface area contributed by atoms with Crippen molar-refractivity contribution >= 4 is 5.69 Å². The van der Waals surface area contributed by atoms with Gasteiger partial charge in [-0.3, -0.25) is 0 Å². The Balaban J connectivity index is 2.84. The van der Waals surface area contributed by atoms with E-state index in [9.17, 15) is 13.2 Å². The highest BCUT2D eigenvalue weighted by Gasteiger charge is 2.30. The molecule has 1 heterocycles. The van der Waals surface area contributed by atoms with Crippen molar-refractivity contribution in [3.63, 3.8) is 0 Å². The summed E-state index contributed by atoms with van der Waals surface area (Å²) in [5.74, 6) is 0. The summed E-state index contributed by atoms with van der Waals surface area (Å²) in [6.45, 7) is 0.841. The number of anilines is 1. The van der Waals surface area contributed by atoms with Gasteiger partial charge < -0.3 is 4.90 Å². The first-order chi connectivity index (χ1) is 7.46. The van der Waals surface area contributed by atoms with Gasteiger partial charge in [-0.25, -0.2) is 4.98 Å². The Morgan fingerprint density at radius 2 is 2.12 bits per heavy atom. The number of nitrogens with zero attached hydrogens (tertiary/aromatic N) is 3. The molecule has 86 valence electrons. The minimum absolute atomic E-state index is 0.187. The molecule has 0 aliphatic rings. The third kappa shape index (κ3) is 3.42. The van der Waals surface area contributed by atoms with Crippen molar-refractivity contribution in [3.8, 4) is 6.07 Å². The second-order valence-electron chi connectivity index (χ2n) is 3.14. The molecule has 0 saturated heterocycles. The Hall–Kier alpha value is -1.77. The molecule has 1 aromatic heterocycles. The lowest BCUT2D eigenvalue weighted by Gasteiger charge is -2.23. The molecule has 0 radical (unpaired) electrons. The maximum Gasteiger partial charge on any atom is 0.405 e. The van der Waals surface area contributed by atoms with Gasteiger partial charge in [-0.1, -0.05) is 0 Å². The van der Waals surface area contributed by atoms with Crippen molar-refractivity contribution in [2.45, 2.75) is 13.1 Å². The van der Waals surface area contributed by atoms with Crippen molar-refractivity contribution in [1.29, 1.82) is 5.26 Å². The van der Waals surface area contributed by atoms with Gasteiger partial charge in [-0.2, -0.15) is 18.4 Å². The van der Waals surface area contributed by atoms with Crippen LogP contribution in [0.1, 0.15) is 12.6 Å². The van der Waals surface area contributed by atoms with Gasteiger partial charge in [-0.15, -0.1) is 0 Å².